The first kappa shape index (κ1) is 20.9. The highest BCUT2D eigenvalue weighted by atomic mass is 32.1. The number of ether oxygens (including phenoxy) is 2. The number of benzene rings is 1. The Bertz CT molecular complexity index is 1140. The first-order valence-electron chi connectivity index (χ1n) is 10.3. The number of aromatic nitrogens is 4. The van der Waals surface area contributed by atoms with Gasteiger partial charge in [-0.2, -0.15) is 0 Å². The molecule has 0 aliphatic heterocycles. The molecule has 31 heavy (non-hydrogen) atoms. The Balaban J connectivity index is 1.40. The molecule has 0 fully saturated rings. The van der Waals surface area contributed by atoms with Gasteiger partial charge in [-0.05, 0) is 48.5 Å². The number of nitrogens with zero attached hydrogens (tertiary/aromatic N) is 2. The molecule has 0 saturated heterocycles. The highest BCUT2D eigenvalue weighted by molar-refractivity contribution is 7.80. The molecule has 0 aliphatic carbocycles. The third-order valence-corrected chi connectivity index (χ3v) is 5.02. The summed E-state index contributed by atoms with van der Waals surface area (Å²) in [4.78, 5) is 14.9. The van der Waals surface area contributed by atoms with E-state index in [9.17, 15) is 0 Å². The molecule has 4 aromatic rings. The van der Waals surface area contributed by atoms with Crippen molar-refractivity contribution >= 4 is 28.6 Å². The van der Waals surface area contributed by atoms with Crippen molar-refractivity contribution in [2.24, 2.45) is 0 Å². The maximum atomic E-state index is 6.06. The molecule has 3 heterocycles. The second kappa shape index (κ2) is 10.1. The zero-order valence-electron chi connectivity index (χ0n) is 17.4. The van der Waals surface area contributed by atoms with Crippen LogP contribution in [0.15, 0.2) is 55.1 Å². The predicted octanol–water partition coefficient (Wildman–Crippen LogP) is 4.31. The van der Waals surface area contributed by atoms with Gasteiger partial charge < -0.3 is 24.8 Å². The molecular weight excluding hydrogens is 410 g/mol. The Labute approximate surface area is 186 Å². The molecule has 160 valence electrons. The van der Waals surface area contributed by atoms with E-state index in [4.69, 9.17) is 21.7 Å². The lowest BCUT2D eigenvalue weighted by Gasteiger charge is -2.13. The Hall–Kier alpha value is -3.39. The molecule has 0 bridgehead atoms. The topological polar surface area (TPSA) is 87.8 Å². The number of aryl methyl sites for hydroxylation is 1. The van der Waals surface area contributed by atoms with E-state index in [0.717, 1.165) is 53.0 Å². The normalized spacial score (nSPS) is 10.9. The van der Waals surface area contributed by atoms with Crippen LogP contribution in [0.3, 0.4) is 0 Å². The first-order chi connectivity index (χ1) is 15.2. The van der Waals surface area contributed by atoms with E-state index in [1.54, 1.807) is 12.4 Å². The van der Waals surface area contributed by atoms with Crippen molar-refractivity contribution in [2.45, 2.75) is 32.8 Å². The minimum atomic E-state index is 0.345. The molecule has 0 aliphatic rings. The van der Waals surface area contributed by atoms with Crippen LogP contribution in [0.5, 0.6) is 11.5 Å². The molecule has 0 amide bonds. The summed E-state index contributed by atoms with van der Waals surface area (Å²) in [5, 5.41) is 3.49. The lowest BCUT2D eigenvalue weighted by Crippen LogP contribution is -2.28. The average Bonchev–Trinajstić information content (AvgIpc) is 3.42. The van der Waals surface area contributed by atoms with E-state index in [2.05, 4.69) is 32.2 Å². The van der Waals surface area contributed by atoms with Gasteiger partial charge in [0.15, 0.2) is 5.65 Å². The van der Waals surface area contributed by atoms with Gasteiger partial charge in [0.1, 0.15) is 23.6 Å². The maximum Gasteiger partial charge on any atom is 0.262 e. The lowest BCUT2D eigenvalue weighted by molar-refractivity contribution is 0.306. The van der Waals surface area contributed by atoms with Gasteiger partial charge in [-0.3, -0.25) is 4.98 Å². The quantitative estimate of drug-likeness (QED) is 0.340. The standard InChI is InChI=1S/C23H25N5O2S/c1-2-4-16-11-19(29-15-17-14-28-22-21(17)25-9-10-26-22)13-20(12-16)30-23(31)27-8-6-18-5-3-7-24-18/h3,5,7,9-14,24H,2,4,6,8,15H2,1H3,(H,26,28)(H,27,31). The fourth-order valence-electron chi connectivity index (χ4n) is 3.34. The van der Waals surface area contributed by atoms with Crippen molar-refractivity contribution in [3.63, 3.8) is 0 Å². The van der Waals surface area contributed by atoms with E-state index >= 15 is 0 Å². The SMILES string of the molecule is CCCc1cc(OCc2c[nH]c3nccnc23)cc(OC(=S)NCCc2ccc[nH]2)c1. The van der Waals surface area contributed by atoms with Crippen LogP contribution in [0, 0.1) is 0 Å². The van der Waals surface area contributed by atoms with Crippen LogP contribution in [0.1, 0.15) is 30.2 Å². The summed E-state index contributed by atoms with van der Waals surface area (Å²) in [5.74, 6) is 1.39. The van der Waals surface area contributed by atoms with Crippen molar-refractivity contribution in [3.05, 3.63) is 71.9 Å². The summed E-state index contributed by atoms with van der Waals surface area (Å²) in [6, 6.07) is 9.93. The van der Waals surface area contributed by atoms with Crippen molar-refractivity contribution in [1.82, 2.24) is 25.3 Å². The molecule has 0 spiro atoms. The summed E-state index contributed by atoms with van der Waals surface area (Å²) < 4.78 is 11.9. The first-order valence-corrected chi connectivity index (χ1v) is 10.7. The van der Waals surface area contributed by atoms with E-state index in [0.29, 0.717) is 24.1 Å². The van der Waals surface area contributed by atoms with Crippen LogP contribution in [0.4, 0.5) is 0 Å². The van der Waals surface area contributed by atoms with Gasteiger partial charge in [0, 0.05) is 55.1 Å². The molecule has 1 aromatic carbocycles. The van der Waals surface area contributed by atoms with Crippen molar-refractivity contribution in [2.75, 3.05) is 6.54 Å². The third-order valence-electron chi connectivity index (χ3n) is 4.79. The summed E-state index contributed by atoms with van der Waals surface area (Å²) in [6.07, 6.45) is 9.93. The summed E-state index contributed by atoms with van der Waals surface area (Å²) in [6.45, 7) is 3.22. The number of nitrogens with one attached hydrogen (secondary N) is 3. The highest BCUT2D eigenvalue weighted by Gasteiger charge is 2.09. The number of rotatable bonds is 9. The van der Waals surface area contributed by atoms with Gasteiger partial charge in [0.2, 0.25) is 0 Å². The minimum absolute atomic E-state index is 0.345. The van der Waals surface area contributed by atoms with Gasteiger partial charge in [-0.1, -0.05) is 13.3 Å². The van der Waals surface area contributed by atoms with Gasteiger partial charge in [-0.15, -0.1) is 0 Å². The number of H-pyrrole nitrogens is 2. The summed E-state index contributed by atoms with van der Waals surface area (Å²) in [5.41, 5.74) is 4.81. The average molecular weight is 436 g/mol. The Morgan fingerprint density at radius 1 is 1.10 bits per heavy atom. The largest absolute Gasteiger partial charge is 0.489 e. The number of fused-ring (bicyclic) bond motifs is 1. The van der Waals surface area contributed by atoms with Gasteiger partial charge in [-0.25, -0.2) is 4.98 Å². The fourth-order valence-corrected chi connectivity index (χ4v) is 3.54. The minimum Gasteiger partial charge on any atom is -0.489 e. The van der Waals surface area contributed by atoms with Crippen LogP contribution in [0.25, 0.3) is 11.2 Å². The molecule has 0 unspecified atom stereocenters. The molecule has 7 nitrogen and oxygen atoms in total. The summed E-state index contributed by atoms with van der Waals surface area (Å²) >= 11 is 5.36. The maximum absolute atomic E-state index is 6.06. The van der Waals surface area contributed by atoms with Gasteiger partial charge >= 0.3 is 0 Å². The number of hydrogen-bond acceptors (Lipinski definition) is 5. The smallest absolute Gasteiger partial charge is 0.262 e. The fraction of sp³-hybridized carbons (Fsp3) is 0.261. The zero-order chi connectivity index (χ0) is 21.5. The van der Waals surface area contributed by atoms with Crippen molar-refractivity contribution in [1.29, 1.82) is 0 Å². The molecule has 3 N–H and O–H groups in total. The summed E-state index contributed by atoms with van der Waals surface area (Å²) in [7, 11) is 0. The second-order valence-corrected chi connectivity index (χ2v) is 7.55. The van der Waals surface area contributed by atoms with E-state index in [-0.39, 0.29) is 0 Å². The Morgan fingerprint density at radius 3 is 2.81 bits per heavy atom. The number of thiocarbonyl (C=S) groups is 1. The van der Waals surface area contributed by atoms with Crippen LogP contribution in [0.2, 0.25) is 0 Å². The van der Waals surface area contributed by atoms with E-state index < -0.39 is 0 Å². The van der Waals surface area contributed by atoms with E-state index in [1.165, 1.54) is 0 Å². The molecule has 0 radical (unpaired) electrons. The second-order valence-electron chi connectivity index (χ2n) is 7.18. The molecule has 4 rings (SSSR count). The highest BCUT2D eigenvalue weighted by Crippen LogP contribution is 2.25. The van der Waals surface area contributed by atoms with Crippen LogP contribution in [-0.2, 0) is 19.4 Å². The Morgan fingerprint density at radius 2 is 1.97 bits per heavy atom. The lowest BCUT2D eigenvalue weighted by atomic mass is 10.1. The third kappa shape index (κ3) is 5.61. The van der Waals surface area contributed by atoms with Gasteiger partial charge in [0.05, 0.1) is 0 Å². The Kier molecular flexibility index (Phi) is 6.78. The number of aromatic amines is 2. The van der Waals surface area contributed by atoms with Crippen LogP contribution in [-0.4, -0.2) is 31.7 Å². The monoisotopic (exact) mass is 435 g/mol. The van der Waals surface area contributed by atoms with Crippen LogP contribution < -0.4 is 14.8 Å². The molecular formula is C23H25N5O2S. The number of hydrogen-bond donors (Lipinski definition) is 3. The van der Waals surface area contributed by atoms with Crippen molar-refractivity contribution in [3.8, 4) is 11.5 Å². The molecule has 8 heteroatoms. The molecule has 3 aromatic heterocycles. The van der Waals surface area contributed by atoms with Crippen LogP contribution >= 0.6 is 12.2 Å². The van der Waals surface area contributed by atoms with Crippen molar-refractivity contribution < 1.29 is 9.47 Å². The predicted molar refractivity (Wildman–Crippen MR) is 124 cm³/mol. The van der Waals surface area contributed by atoms with Gasteiger partial charge in [0.25, 0.3) is 5.17 Å². The van der Waals surface area contributed by atoms with E-state index in [1.807, 2.05) is 42.7 Å². The zero-order valence-corrected chi connectivity index (χ0v) is 18.2. The molecule has 0 saturated carbocycles. The molecule has 0 atom stereocenters.